The molecule has 1 rings (SSSR count). The number of nitrogens with one attached hydrogen (secondary N) is 2. The van der Waals surface area contributed by atoms with E-state index in [1.165, 1.54) is 0 Å². The minimum absolute atomic E-state index is 0.178. The van der Waals surface area contributed by atoms with E-state index in [9.17, 15) is 9.59 Å². The maximum atomic E-state index is 11.5. The van der Waals surface area contributed by atoms with Crippen molar-refractivity contribution in [2.75, 3.05) is 6.61 Å². The smallest absolute Gasteiger partial charge is 0.328 e. The molecule has 0 radical (unpaired) electrons. The molecule has 0 saturated heterocycles. The Morgan fingerprint density at radius 1 is 1.44 bits per heavy atom. The Morgan fingerprint density at radius 3 is 2.38 bits per heavy atom. The van der Waals surface area contributed by atoms with Crippen LogP contribution < -0.4 is 10.6 Å². The molecule has 1 aliphatic rings. The van der Waals surface area contributed by atoms with Crippen LogP contribution in [0.5, 0.6) is 0 Å². The molecule has 1 fully saturated rings. The van der Waals surface area contributed by atoms with E-state index >= 15 is 0 Å². The van der Waals surface area contributed by atoms with Gasteiger partial charge >= 0.3 is 12.0 Å². The fourth-order valence-corrected chi connectivity index (χ4v) is 1.79. The molecule has 0 bridgehead atoms. The molecule has 92 valence electrons. The first-order valence-electron chi connectivity index (χ1n) is 5.45. The second-order valence-corrected chi connectivity index (χ2v) is 4.16. The summed E-state index contributed by atoms with van der Waals surface area (Å²) in [6.07, 6.45) is 3.76. The van der Waals surface area contributed by atoms with Crippen LogP contribution in [0.1, 0.15) is 32.6 Å². The van der Waals surface area contributed by atoms with E-state index in [2.05, 4.69) is 10.6 Å². The minimum atomic E-state index is -1.24. The summed E-state index contributed by atoms with van der Waals surface area (Å²) in [5.41, 5.74) is -0.178. The van der Waals surface area contributed by atoms with Gasteiger partial charge < -0.3 is 20.8 Å². The van der Waals surface area contributed by atoms with Crippen molar-refractivity contribution in [3.63, 3.8) is 0 Å². The van der Waals surface area contributed by atoms with Crippen LogP contribution >= 0.6 is 0 Å². The molecule has 16 heavy (non-hydrogen) atoms. The number of carbonyl (C=O) groups excluding carboxylic acids is 1. The van der Waals surface area contributed by atoms with Gasteiger partial charge in [-0.15, -0.1) is 0 Å². The third-order valence-electron chi connectivity index (χ3n) is 3.15. The van der Waals surface area contributed by atoms with Gasteiger partial charge in [-0.3, -0.25) is 0 Å². The van der Waals surface area contributed by atoms with Gasteiger partial charge in [0, 0.05) is 5.54 Å². The highest BCUT2D eigenvalue weighted by Crippen LogP contribution is 2.34. The summed E-state index contributed by atoms with van der Waals surface area (Å²) in [7, 11) is 0. The number of carboxylic acids is 1. The van der Waals surface area contributed by atoms with Gasteiger partial charge in [-0.1, -0.05) is 6.92 Å². The molecule has 1 aliphatic carbocycles. The number of aliphatic carboxylic acids is 1. The molecule has 4 N–H and O–H groups in total. The molecule has 2 amide bonds. The first kappa shape index (κ1) is 12.8. The van der Waals surface area contributed by atoms with Crippen LogP contribution in [0.15, 0.2) is 0 Å². The molecular formula is C10H18N2O4. The highest BCUT2D eigenvalue weighted by atomic mass is 16.4. The number of urea groups is 1. The van der Waals surface area contributed by atoms with Crippen molar-refractivity contribution in [2.45, 2.75) is 44.2 Å². The summed E-state index contributed by atoms with van der Waals surface area (Å²) in [4.78, 5) is 22.1. The zero-order valence-electron chi connectivity index (χ0n) is 9.32. The third-order valence-corrected chi connectivity index (χ3v) is 3.15. The van der Waals surface area contributed by atoms with Crippen molar-refractivity contribution in [3.8, 4) is 0 Å². The second-order valence-electron chi connectivity index (χ2n) is 4.16. The van der Waals surface area contributed by atoms with Gasteiger partial charge in [-0.2, -0.15) is 0 Å². The predicted octanol–water partition coefficient (Wildman–Crippen LogP) is 0.0638. The highest BCUT2D eigenvalue weighted by Gasteiger charge is 2.37. The zero-order chi connectivity index (χ0) is 12.2. The molecule has 1 atom stereocenters. The quantitative estimate of drug-likeness (QED) is 0.537. The lowest BCUT2D eigenvalue weighted by Crippen LogP contribution is -2.58. The van der Waals surface area contributed by atoms with Crippen molar-refractivity contribution in [1.82, 2.24) is 10.6 Å². The standard InChI is InChI=1S/C10H18N2O4/c1-2-10(4-3-5-10)12-9(16)11-7(6-13)8(14)15/h7,13H,2-6H2,1H3,(H,14,15)(H2,11,12,16)/t7-/m0/s1. The van der Waals surface area contributed by atoms with E-state index in [4.69, 9.17) is 10.2 Å². The SMILES string of the molecule is CCC1(NC(=O)N[C@@H](CO)C(=O)O)CCC1. The molecule has 0 unspecified atom stereocenters. The maximum Gasteiger partial charge on any atom is 0.328 e. The number of carboxylic acid groups (broad SMARTS) is 1. The van der Waals surface area contributed by atoms with Crippen LogP contribution in [0, 0.1) is 0 Å². The summed E-state index contributed by atoms with van der Waals surface area (Å²) in [6, 6.07) is -1.77. The van der Waals surface area contributed by atoms with Crippen LogP contribution in [0.4, 0.5) is 4.79 Å². The zero-order valence-corrected chi connectivity index (χ0v) is 9.32. The Hall–Kier alpha value is -1.30. The molecule has 0 aromatic heterocycles. The first-order chi connectivity index (χ1) is 7.53. The van der Waals surface area contributed by atoms with Crippen molar-refractivity contribution in [2.24, 2.45) is 0 Å². The van der Waals surface area contributed by atoms with Crippen LogP contribution in [-0.2, 0) is 4.79 Å². The Balaban J connectivity index is 2.43. The van der Waals surface area contributed by atoms with Crippen LogP contribution in [0.3, 0.4) is 0 Å². The molecule has 1 saturated carbocycles. The fraction of sp³-hybridized carbons (Fsp3) is 0.800. The van der Waals surface area contributed by atoms with Gasteiger partial charge in [0.2, 0.25) is 0 Å². The van der Waals surface area contributed by atoms with Gasteiger partial charge in [0.15, 0.2) is 6.04 Å². The van der Waals surface area contributed by atoms with Gasteiger partial charge in [0.25, 0.3) is 0 Å². The van der Waals surface area contributed by atoms with E-state index in [-0.39, 0.29) is 5.54 Å². The average molecular weight is 230 g/mol. The lowest BCUT2D eigenvalue weighted by atomic mass is 9.75. The normalized spacial score (nSPS) is 19.4. The highest BCUT2D eigenvalue weighted by molar-refractivity contribution is 5.83. The topological polar surface area (TPSA) is 98.7 Å². The molecule has 0 heterocycles. The lowest BCUT2D eigenvalue weighted by Gasteiger charge is -2.42. The number of hydrogen-bond donors (Lipinski definition) is 4. The summed E-state index contributed by atoms with van der Waals surface area (Å²) < 4.78 is 0. The lowest BCUT2D eigenvalue weighted by molar-refractivity contribution is -0.140. The summed E-state index contributed by atoms with van der Waals surface area (Å²) in [6.45, 7) is 1.38. The molecule has 0 aliphatic heterocycles. The third kappa shape index (κ3) is 2.85. The van der Waals surface area contributed by atoms with Crippen LogP contribution in [0.2, 0.25) is 0 Å². The number of carbonyl (C=O) groups is 2. The summed E-state index contributed by atoms with van der Waals surface area (Å²) in [5, 5.41) is 22.4. The van der Waals surface area contributed by atoms with E-state index in [0.717, 1.165) is 25.7 Å². The fourth-order valence-electron chi connectivity index (χ4n) is 1.79. The summed E-state index contributed by atoms with van der Waals surface area (Å²) in [5.74, 6) is -1.24. The van der Waals surface area contributed by atoms with Crippen molar-refractivity contribution >= 4 is 12.0 Å². The van der Waals surface area contributed by atoms with Gasteiger partial charge in [0.1, 0.15) is 0 Å². The van der Waals surface area contributed by atoms with Crippen molar-refractivity contribution in [3.05, 3.63) is 0 Å². The van der Waals surface area contributed by atoms with Crippen LogP contribution in [0.25, 0.3) is 0 Å². The number of rotatable bonds is 5. The average Bonchev–Trinajstić information content (AvgIpc) is 2.19. The number of aliphatic hydroxyl groups is 1. The van der Waals surface area contributed by atoms with Gasteiger partial charge in [0.05, 0.1) is 6.61 Å². The molecule has 0 aromatic carbocycles. The Morgan fingerprint density at radius 2 is 2.06 bits per heavy atom. The molecule has 6 heteroatoms. The van der Waals surface area contributed by atoms with Gasteiger partial charge in [-0.05, 0) is 25.7 Å². The number of aliphatic hydroxyl groups excluding tert-OH is 1. The molecule has 0 aromatic rings. The van der Waals surface area contributed by atoms with E-state index in [1.807, 2.05) is 6.92 Å². The van der Waals surface area contributed by atoms with Crippen LogP contribution in [-0.4, -0.2) is 40.4 Å². The Bertz CT molecular complexity index is 270. The Kier molecular flexibility index (Phi) is 4.12. The molecule has 6 nitrogen and oxygen atoms in total. The van der Waals surface area contributed by atoms with E-state index in [0.29, 0.717) is 0 Å². The maximum absolute atomic E-state index is 11.5. The number of amides is 2. The molecular weight excluding hydrogens is 212 g/mol. The second kappa shape index (κ2) is 5.16. The van der Waals surface area contributed by atoms with Gasteiger partial charge in [-0.25, -0.2) is 9.59 Å². The number of hydrogen-bond acceptors (Lipinski definition) is 3. The molecule has 0 spiro atoms. The largest absolute Gasteiger partial charge is 0.480 e. The van der Waals surface area contributed by atoms with E-state index in [1.54, 1.807) is 0 Å². The first-order valence-corrected chi connectivity index (χ1v) is 5.45. The van der Waals surface area contributed by atoms with Crippen molar-refractivity contribution in [1.29, 1.82) is 0 Å². The monoisotopic (exact) mass is 230 g/mol. The predicted molar refractivity (Wildman–Crippen MR) is 57.1 cm³/mol. The van der Waals surface area contributed by atoms with Crippen molar-refractivity contribution < 1.29 is 19.8 Å². The minimum Gasteiger partial charge on any atom is -0.480 e. The van der Waals surface area contributed by atoms with E-state index < -0.39 is 24.6 Å². The summed E-state index contributed by atoms with van der Waals surface area (Å²) >= 11 is 0. The Labute approximate surface area is 94.0 Å².